The molecule has 1 N–H and O–H groups in total. The molecule has 0 unspecified atom stereocenters. The van der Waals surface area contributed by atoms with Gasteiger partial charge in [0.1, 0.15) is 5.82 Å². The molecule has 1 aromatic heterocycles. The van der Waals surface area contributed by atoms with Gasteiger partial charge < -0.3 is 9.72 Å². The van der Waals surface area contributed by atoms with Gasteiger partial charge in [-0.1, -0.05) is 13.8 Å². The Morgan fingerprint density at radius 1 is 1.53 bits per heavy atom. The summed E-state index contributed by atoms with van der Waals surface area (Å²) in [7, 11) is 0. The summed E-state index contributed by atoms with van der Waals surface area (Å²) in [6.07, 6.45) is 0.751. The smallest absolute Gasteiger partial charge is 0.256 e. The molecule has 1 aliphatic rings. The van der Waals surface area contributed by atoms with E-state index in [2.05, 4.69) is 23.8 Å². The molecular weight excluding hydrogens is 236 g/mol. The number of nitrogens with zero attached hydrogens (tertiary/aromatic N) is 1. The highest BCUT2D eigenvalue weighted by atomic mass is 32.2. The maximum Gasteiger partial charge on any atom is 0.256 e. The average Bonchev–Trinajstić information content (AvgIpc) is 2.28. The standard InChI is InChI=1S/C12H18N2O2S/c1-8(2)6-17-7-11-13-10-3-4-16-5-9(10)12(15)14-11/h8H,3-7H2,1-2H3,(H,13,14,15). The second kappa shape index (κ2) is 5.69. The van der Waals surface area contributed by atoms with E-state index >= 15 is 0 Å². The molecule has 0 bridgehead atoms. The summed E-state index contributed by atoms with van der Waals surface area (Å²) in [4.78, 5) is 19.2. The summed E-state index contributed by atoms with van der Waals surface area (Å²) >= 11 is 1.81. The fraction of sp³-hybridized carbons (Fsp3) is 0.667. The predicted octanol–water partition coefficient (Wildman–Crippen LogP) is 1.73. The Bertz CT molecular complexity index is 443. The fourth-order valence-corrected chi connectivity index (χ4v) is 2.67. The van der Waals surface area contributed by atoms with Gasteiger partial charge in [0.2, 0.25) is 0 Å². The first-order valence-corrected chi connectivity index (χ1v) is 7.08. The first-order chi connectivity index (χ1) is 8.16. The zero-order valence-corrected chi connectivity index (χ0v) is 11.1. The van der Waals surface area contributed by atoms with Crippen LogP contribution in [0, 0.1) is 5.92 Å². The van der Waals surface area contributed by atoms with Gasteiger partial charge in [-0.3, -0.25) is 4.79 Å². The van der Waals surface area contributed by atoms with Crippen molar-refractivity contribution in [2.24, 2.45) is 5.92 Å². The molecule has 0 amide bonds. The zero-order chi connectivity index (χ0) is 12.3. The highest BCUT2D eigenvalue weighted by Crippen LogP contribution is 2.15. The van der Waals surface area contributed by atoms with Crippen LogP contribution in [-0.2, 0) is 23.5 Å². The van der Waals surface area contributed by atoms with Crippen LogP contribution >= 0.6 is 11.8 Å². The highest BCUT2D eigenvalue weighted by molar-refractivity contribution is 7.98. The summed E-state index contributed by atoms with van der Waals surface area (Å²) < 4.78 is 5.26. The monoisotopic (exact) mass is 254 g/mol. The van der Waals surface area contributed by atoms with E-state index in [-0.39, 0.29) is 5.56 Å². The SMILES string of the molecule is CC(C)CSCc1nc2c(c(=O)[nH]1)COCC2. The van der Waals surface area contributed by atoms with E-state index < -0.39 is 0 Å². The molecule has 94 valence electrons. The summed E-state index contributed by atoms with van der Waals surface area (Å²) in [6, 6.07) is 0. The number of hydrogen-bond acceptors (Lipinski definition) is 4. The molecule has 5 heteroatoms. The number of aromatic amines is 1. The van der Waals surface area contributed by atoms with Crippen LogP contribution < -0.4 is 5.56 Å². The third kappa shape index (κ3) is 3.33. The van der Waals surface area contributed by atoms with E-state index in [9.17, 15) is 4.79 Å². The van der Waals surface area contributed by atoms with E-state index in [0.717, 1.165) is 29.4 Å². The topological polar surface area (TPSA) is 55.0 Å². The first-order valence-electron chi connectivity index (χ1n) is 5.93. The number of thioether (sulfide) groups is 1. The molecule has 0 aromatic carbocycles. The number of ether oxygens (including phenoxy) is 1. The largest absolute Gasteiger partial charge is 0.376 e. The van der Waals surface area contributed by atoms with Crippen molar-refractivity contribution in [3.63, 3.8) is 0 Å². The van der Waals surface area contributed by atoms with Crippen LogP contribution in [0.15, 0.2) is 4.79 Å². The molecule has 0 aliphatic carbocycles. The van der Waals surface area contributed by atoms with Gasteiger partial charge in [0.25, 0.3) is 5.56 Å². The van der Waals surface area contributed by atoms with E-state index in [1.54, 1.807) is 0 Å². The van der Waals surface area contributed by atoms with Crippen LogP contribution in [0.4, 0.5) is 0 Å². The van der Waals surface area contributed by atoms with Crippen molar-refractivity contribution in [3.05, 3.63) is 27.4 Å². The average molecular weight is 254 g/mol. The van der Waals surface area contributed by atoms with Crippen molar-refractivity contribution in [3.8, 4) is 0 Å². The van der Waals surface area contributed by atoms with Crippen molar-refractivity contribution >= 4 is 11.8 Å². The van der Waals surface area contributed by atoms with Crippen molar-refractivity contribution in [2.45, 2.75) is 32.6 Å². The van der Waals surface area contributed by atoms with Gasteiger partial charge in [0.05, 0.1) is 30.2 Å². The summed E-state index contributed by atoms with van der Waals surface area (Å²) in [6.45, 7) is 5.44. The van der Waals surface area contributed by atoms with Gasteiger partial charge in [0.15, 0.2) is 0 Å². The van der Waals surface area contributed by atoms with Gasteiger partial charge in [0, 0.05) is 6.42 Å². The number of fused-ring (bicyclic) bond motifs is 1. The lowest BCUT2D eigenvalue weighted by atomic mass is 10.1. The van der Waals surface area contributed by atoms with Crippen LogP contribution in [0.1, 0.15) is 30.9 Å². The van der Waals surface area contributed by atoms with E-state index in [1.807, 2.05) is 11.8 Å². The van der Waals surface area contributed by atoms with Crippen molar-refractivity contribution in [1.82, 2.24) is 9.97 Å². The number of aromatic nitrogens is 2. The molecule has 0 spiro atoms. The molecule has 0 fully saturated rings. The Morgan fingerprint density at radius 3 is 3.12 bits per heavy atom. The Hall–Kier alpha value is -0.810. The molecule has 0 radical (unpaired) electrons. The molecule has 1 aliphatic heterocycles. The molecule has 0 saturated carbocycles. The van der Waals surface area contributed by atoms with Crippen LogP contribution in [0.25, 0.3) is 0 Å². The van der Waals surface area contributed by atoms with Crippen LogP contribution in [0.3, 0.4) is 0 Å². The van der Waals surface area contributed by atoms with Crippen molar-refractivity contribution in [2.75, 3.05) is 12.4 Å². The molecule has 2 rings (SSSR count). The summed E-state index contributed by atoms with van der Waals surface area (Å²) in [5.41, 5.74) is 1.59. The Balaban J connectivity index is 2.09. The summed E-state index contributed by atoms with van der Waals surface area (Å²) in [5, 5.41) is 0. The third-order valence-electron chi connectivity index (χ3n) is 2.57. The lowest BCUT2D eigenvalue weighted by Crippen LogP contribution is -2.25. The molecule has 0 atom stereocenters. The van der Waals surface area contributed by atoms with E-state index in [4.69, 9.17) is 4.74 Å². The van der Waals surface area contributed by atoms with Gasteiger partial charge in [-0.15, -0.1) is 0 Å². The normalized spacial score (nSPS) is 15.0. The Kier molecular flexibility index (Phi) is 4.23. The van der Waals surface area contributed by atoms with Crippen molar-refractivity contribution < 1.29 is 4.74 Å². The fourth-order valence-electron chi connectivity index (χ4n) is 1.75. The third-order valence-corrected chi connectivity index (χ3v) is 3.95. The Morgan fingerprint density at radius 2 is 2.35 bits per heavy atom. The maximum atomic E-state index is 11.8. The van der Waals surface area contributed by atoms with Crippen molar-refractivity contribution in [1.29, 1.82) is 0 Å². The van der Waals surface area contributed by atoms with Crippen LogP contribution in [0.2, 0.25) is 0 Å². The molecule has 1 aromatic rings. The highest BCUT2D eigenvalue weighted by Gasteiger charge is 2.15. The van der Waals surface area contributed by atoms with Crippen LogP contribution in [0.5, 0.6) is 0 Å². The van der Waals surface area contributed by atoms with Gasteiger partial charge in [-0.2, -0.15) is 11.8 Å². The van der Waals surface area contributed by atoms with Gasteiger partial charge >= 0.3 is 0 Å². The predicted molar refractivity (Wildman–Crippen MR) is 69.2 cm³/mol. The van der Waals surface area contributed by atoms with Crippen LogP contribution in [-0.4, -0.2) is 22.3 Å². The minimum absolute atomic E-state index is 0.0325. The molecule has 4 nitrogen and oxygen atoms in total. The second-order valence-electron chi connectivity index (χ2n) is 4.65. The number of H-pyrrole nitrogens is 1. The zero-order valence-electron chi connectivity index (χ0n) is 10.3. The van der Waals surface area contributed by atoms with E-state index in [1.165, 1.54) is 0 Å². The minimum atomic E-state index is -0.0325. The first kappa shape index (κ1) is 12.6. The minimum Gasteiger partial charge on any atom is -0.376 e. The molecule has 17 heavy (non-hydrogen) atoms. The Labute approximate surface area is 105 Å². The number of rotatable bonds is 4. The van der Waals surface area contributed by atoms with E-state index in [0.29, 0.717) is 24.7 Å². The summed E-state index contributed by atoms with van der Waals surface area (Å²) in [5.74, 6) is 3.32. The molecule has 0 saturated heterocycles. The molecule has 2 heterocycles. The maximum absolute atomic E-state index is 11.8. The second-order valence-corrected chi connectivity index (χ2v) is 5.68. The molecular formula is C12H18N2O2S. The lowest BCUT2D eigenvalue weighted by molar-refractivity contribution is 0.108. The van der Waals surface area contributed by atoms with Gasteiger partial charge in [-0.05, 0) is 11.7 Å². The quantitative estimate of drug-likeness (QED) is 0.889. The van der Waals surface area contributed by atoms with Gasteiger partial charge in [-0.25, -0.2) is 4.98 Å². The number of hydrogen-bond donors (Lipinski definition) is 1. The number of nitrogens with one attached hydrogen (secondary N) is 1. The lowest BCUT2D eigenvalue weighted by Gasteiger charge is -2.15.